The molecule has 1 N–H and O–H groups in total. The van der Waals surface area contributed by atoms with Crippen LogP contribution in [0.15, 0.2) is 18.2 Å². The first-order valence-corrected chi connectivity index (χ1v) is 7.58. The van der Waals surface area contributed by atoms with E-state index in [0.717, 1.165) is 12.8 Å². The third-order valence-electron chi connectivity index (χ3n) is 3.13. The second kappa shape index (κ2) is 6.14. The molecule has 0 radical (unpaired) electrons. The Morgan fingerprint density at radius 2 is 2.11 bits per heavy atom. The fourth-order valence-electron chi connectivity index (χ4n) is 2.08. The van der Waals surface area contributed by atoms with Gasteiger partial charge in [-0.3, -0.25) is 4.21 Å². The van der Waals surface area contributed by atoms with Crippen molar-refractivity contribution >= 4 is 22.5 Å². The van der Waals surface area contributed by atoms with E-state index in [1.807, 2.05) is 0 Å². The topological polar surface area (TPSA) is 55.4 Å². The highest BCUT2D eigenvalue weighted by atomic mass is 32.2. The number of ether oxygens (including phenoxy) is 1. The van der Waals surface area contributed by atoms with Crippen molar-refractivity contribution in [3.05, 3.63) is 29.6 Å². The molecule has 1 saturated heterocycles. The number of hydrogen-bond donors (Lipinski definition) is 1. The van der Waals surface area contributed by atoms with Gasteiger partial charge in [0.05, 0.1) is 18.4 Å². The number of carbonyl (C=O) groups is 1. The van der Waals surface area contributed by atoms with Gasteiger partial charge in [-0.25, -0.2) is 9.18 Å². The summed E-state index contributed by atoms with van der Waals surface area (Å²) in [5.74, 6) is 0.373. The molecule has 0 bridgehead atoms. The summed E-state index contributed by atoms with van der Waals surface area (Å²) in [6.45, 7) is 0. The van der Waals surface area contributed by atoms with Gasteiger partial charge in [-0.1, -0.05) is 0 Å². The number of methoxy groups -OCH3 is 1. The molecule has 1 aliphatic heterocycles. The van der Waals surface area contributed by atoms with Crippen molar-refractivity contribution in [1.29, 1.82) is 0 Å². The molecule has 6 heteroatoms. The summed E-state index contributed by atoms with van der Waals surface area (Å²) in [5, 5.41) is 3.15. The van der Waals surface area contributed by atoms with Gasteiger partial charge in [-0.05, 0) is 31.0 Å². The highest BCUT2D eigenvalue weighted by molar-refractivity contribution is 7.85. The van der Waals surface area contributed by atoms with E-state index < -0.39 is 22.6 Å². The van der Waals surface area contributed by atoms with E-state index in [9.17, 15) is 13.4 Å². The first-order valence-electron chi connectivity index (χ1n) is 6.09. The molecule has 0 aromatic heterocycles. The Kier molecular flexibility index (Phi) is 4.52. The van der Waals surface area contributed by atoms with Crippen molar-refractivity contribution in [1.82, 2.24) is 0 Å². The van der Waals surface area contributed by atoms with Crippen molar-refractivity contribution < 1.29 is 18.1 Å². The maximum absolute atomic E-state index is 13.3. The van der Waals surface area contributed by atoms with Crippen LogP contribution in [0.2, 0.25) is 0 Å². The summed E-state index contributed by atoms with van der Waals surface area (Å²) in [6, 6.07) is 4.04. The zero-order valence-corrected chi connectivity index (χ0v) is 11.5. The molecule has 0 atom stereocenters. The fraction of sp³-hybridized carbons (Fsp3) is 0.462. The third-order valence-corrected chi connectivity index (χ3v) is 4.52. The molecule has 1 aromatic carbocycles. The first kappa shape index (κ1) is 14.0. The van der Waals surface area contributed by atoms with E-state index >= 15 is 0 Å². The molecule has 2 rings (SSSR count). The highest BCUT2D eigenvalue weighted by Crippen LogP contribution is 2.22. The van der Waals surface area contributed by atoms with E-state index in [4.69, 9.17) is 0 Å². The molecule has 0 spiro atoms. The number of halogens is 1. The zero-order chi connectivity index (χ0) is 13.8. The van der Waals surface area contributed by atoms with Crippen LogP contribution in [0.25, 0.3) is 0 Å². The van der Waals surface area contributed by atoms with Crippen LogP contribution < -0.4 is 5.32 Å². The monoisotopic (exact) mass is 285 g/mol. The van der Waals surface area contributed by atoms with Crippen LogP contribution in [0.4, 0.5) is 10.1 Å². The number of anilines is 1. The van der Waals surface area contributed by atoms with E-state index in [0.29, 0.717) is 22.8 Å². The van der Waals surface area contributed by atoms with Gasteiger partial charge in [0.1, 0.15) is 5.82 Å². The SMILES string of the molecule is COC(=O)c1ccc(F)cc1NC1CCS(=O)CC1. The van der Waals surface area contributed by atoms with Gasteiger partial charge in [-0.2, -0.15) is 0 Å². The minimum absolute atomic E-state index is 0.114. The Morgan fingerprint density at radius 3 is 2.74 bits per heavy atom. The molecule has 1 heterocycles. The molecule has 0 saturated carbocycles. The molecule has 19 heavy (non-hydrogen) atoms. The van der Waals surface area contributed by atoms with Gasteiger partial charge in [0.2, 0.25) is 0 Å². The van der Waals surface area contributed by atoms with Crippen LogP contribution in [0, 0.1) is 5.82 Å². The van der Waals surface area contributed by atoms with Crippen molar-refractivity contribution in [3.63, 3.8) is 0 Å². The fourth-order valence-corrected chi connectivity index (χ4v) is 3.38. The van der Waals surface area contributed by atoms with Crippen LogP contribution in [0.1, 0.15) is 23.2 Å². The minimum Gasteiger partial charge on any atom is -0.465 e. The van der Waals surface area contributed by atoms with Crippen molar-refractivity contribution in [2.24, 2.45) is 0 Å². The first-order chi connectivity index (χ1) is 9.10. The lowest BCUT2D eigenvalue weighted by molar-refractivity contribution is 0.0601. The Balaban J connectivity index is 2.16. The number of esters is 1. The number of hydrogen-bond acceptors (Lipinski definition) is 4. The molecule has 1 fully saturated rings. The molecule has 0 amide bonds. The summed E-state index contributed by atoms with van der Waals surface area (Å²) in [6.07, 6.45) is 1.51. The molecule has 0 unspecified atom stereocenters. The predicted octanol–water partition coefficient (Wildman–Crippen LogP) is 1.94. The van der Waals surface area contributed by atoms with Gasteiger partial charge in [-0.15, -0.1) is 0 Å². The average Bonchev–Trinajstić information content (AvgIpc) is 2.41. The largest absolute Gasteiger partial charge is 0.465 e. The van der Waals surface area contributed by atoms with Crippen LogP contribution in [0.5, 0.6) is 0 Å². The van der Waals surface area contributed by atoms with Crippen LogP contribution >= 0.6 is 0 Å². The lowest BCUT2D eigenvalue weighted by atomic mass is 10.1. The number of rotatable bonds is 3. The molecule has 104 valence electrons. The van der Waals surface area contributed by atoms with Gasteiger partial charge >= 0.3 is 5.97 Å². The van der Waals surface area contributed by atoms with Crippen molar-refractivity contribution in [2.45, 2.75) is 18.9 Å². The van der Waals surface area contributed by atoms with Crippen molar-refractivity contribution in [2.75, 3.05) is 23.9 Å². The van der Waals surface area contributed by atoms with E-state index in [2.05, 4.69) is 10.1 Å². The maximum atomic E-state index is 13.3. The van der Waals surface area contributed by atoms with Crippen LogP contribution in [0.3, 0.4) is 0 Å². The quantitative estimate of drug-likeness (QED) is 0.862. The van der Waals surface area contributed by atoms with E-state index in [-0.39, 0.29) is 6.04 Å². The highest BCUT2D eigenvalue weighted by Gasteiger charge is 2.20. The molecular weight excluding hydrogens is 269 g/mol. The molecule has 1 aliphatic rings. The summed E-state index contributed by atoms with van der Waals surface area (Å²) in [4.78, 5) is 11.6. The molecule has 1 aromatic rings. The van der Waals surface area contributed by atoms with E-state index in [1.165, 1.54) is 25.3 Å². The lowest BCUT2D eigenvalue weighted by Gasteiger charge is -2.24. The Morgan fingerprint density at radius 1 is 1.42 bits per heavy atom. The number of nitrogens with one attached hydrogen (secondary N) is 1. The predicted molar refractivity (Wildman–Crippen MR) is 72.3 cm³/mol. The van der Waals surface area contributed by atoms with E-state index in [1.54, 1.807) is 0 Å². The molecule has 4 nitrogen and oxygen atoms in total. The zero-order valence-electron chi connectivity index (χ0n) is 10.6. The second-order valence-electron chi connectivity index (χ2n) is 4.45. The van der Waals surface area contributed by atoms with Crippen molar-refractivity contribution in [3.8, 4) is 0 Å². The summed E-state index contributed by atoms with van der Waals surface area (Å²) < 4.78 is 29.2. The normalized spacial score (nSPS) is 22.8. The number of benzene rings is 1. The van der Waals surface area contributed by atoms with Crippen LogP contribution in [-0.2, 0) is 15.5 Å². The second-order valence-corrected chi connectivity index (χ2v) is 6.14. The molecular formula is C13H16FNO3S. The number of carbonyl (C=O) groups excluding carboxylic acids is 1. The molecule has 0 aliphatic carbocycles. The summed E-state index contributed by atoms with van der Waals surface area (Å²) in [5.41, 5.74) is 0.750. The smallest absolute Gasteiger partial charge is 0.339 e. The lowest BCUT2D eigenvalue weighted by Crippen LogP contribution is -2.30. The van der Waals surface area contributed by atoms with Crippen LogP contribution in [-0.4, -0.2) is 34.8 Å². The third kappa shape index (κ3) is 3.53. The average molecular weight is 285 g/mol. The Bertz CT molecular complexity index is 497. The van der Waals surface area contributed by atoms with Gasteiger partial charge in [0, 0.05) is 28.3 Å². The van der Waals surface area contributed by atoms with Gasteiger partial charge < -0.3 is 10.1 Å². The standard InChI is InChI=1S/C13H16FNO3S/c1-18-13(16)11-3-2-9(14)8-12(11)15-10-4-6-19(17)7-5-10/h2-3,8,10,15H,4-7H2,1H3. The Labute approximate surface area is 113 Å². The van der Waals surface area contributed by atoms with Gasteiger partial charge in [0.15, 0.2) is 0 Å². The summed E-state index contributed by atoms with van der Waals surface area (Å²) in [7, 11) is 0.546. The Hall–Kier alpha value is -1.43. The maximum Gasteiger partial charge on any atom is 0.339 e. The summed E-state index contributed by atoms with van der Waals surface area (Å²) >= 11 is 0. The van der Waals surface area contributed by atoms with Gasteiger partial charge in [0.25, 0.3) is 0 Å². The minimum atomic E-state index is -0.745.